The van der Waals surface area contributed by atoms with E-state index in [0.29, 0.717) is 12.1 Å². The van der Waals surface area contributed by atoms with E-state index < -0.39 is 0 Å². The van der Waals surface area contributed by atoms with Crippen molar-refractivity contribution in [1.29, 1.82) is 0 Å². The lowest BCUT2D eigenvalue weighted by molar-refractivity contribution is 0.0213. The minimum atomic E-state index is 0.324. The Hall–Kier alpha value is -0.0800. The number of ether oxygens (including phenoxy) is 1. The number of hydrogen-bond acceptors (Lipinski definition) is 2. The average Bonchev–Trinajstić information content (AvgIpc) is 1.65. The van der Waals surface area contributed by atoms with Crippen LogP contribution in [0.3, 0.4) is 0 Å². The van der Waals surface area contributed by atoms with E-state index in [4.69, 9.17) is 10.5 Å². The van der Waals surface area contributed by atoms with Gasteiger partial charge >= 0.3 is 0 Å². The first-order valence-corrected chi connectivity index (χ1v) is 2.63. The molecule has 0 heterocycles. The molecule has 0 bridgehead atoms. The van der Waals surface area contributed by atoms with Crippen LogP contribution in [0, 0.1) is 0 Å². The first-order chi connectivity index (χ1) is 3.34. The van der Waals surface area contributed by atoms with Crippen molar-refractivity contribution in [2.45, 2.75) is 25.0 Å². The van der Waals surface area contributed by atoms with Gasteiger partial charge in [0.2, 0.25) is 0 Å². The fourth-order valence-electron chi connectivity index (χ4n) is 0.788. The summed E-state index contributed by atoms with van der Waals surface area (Å²) in [5.74, 6) is 0. The van der Waals surface area contributed by atoms with Gasteiger partial charge in [0.15, 0.2) is 0 Å². The van der Waals surface area contributed by atoms with Crippen LogP contribution in [0.2, 0.25) is 0 Å². The second-order valence-electron chi connectivity index (χ2n) is 2.02. The smallest absolute Gasteiger partial charge is 0.0722 e. The molecular weight excluding hydrogens is 90.1 g/mol. The zero-order valence-electron chi connectivity index (χ0n) is 4.55. The molecule has 1 saturated carbocycles. The Kier molecular flexibility index (Phi) is 1.30. The number of methoxy groups -OCH3 is 1. The predicted molar refractivity (Wildman–Crippen MR) is 28.0 cm³/mol. The average molecular weight is 101 g/mol. The van der Waals surface area contributed by atoms with Crippen molar-refractivity contribution < 1.29 is 4.74 Å². The van der Waals surface area contributed by atoms with Crippen LogP contribution < -0.4 is 5.73 Å². The van der Waals surface area contributed by atoms with Crippen molar-refractivity contribution in [3.63, 3.8) is 0 Å². The lowest BCUT2D eigenvalue weighted by Crippen LogP contribution is -2.45. The topological polar surface area (TPSA) is 35.2 Å². The summed E-state index contributed by atoms with van der Waals surface area (Å²) in [5, 5.41) is 0. The van der Waals surface area contributed by atoms with Gasteiger partial charge in [0.05, 0.1) is 6.10 Å². The fraction of sp³-hybridized carbons (Fsp3) is 1.00. The SMILES string of the molecule is CO[C@H]1CC[C@H]1N. The van der Waals surface area contributed by atoms with Crippen LogP contribution in [0.15, 0.2) is 0 Å². The summed E-state index contributed by atoms with van der Waals surface area (Å²) < 4.78 is 4.97. The molecule has 0 aromatic rings. The summed E-state index contributed by atoms with van der Waals surface area (Å²) in [7, 11) is 1.71. The Morgan fingerprint density at radius 2 is 2.29 bits per heavy atom. The summed E-state index contributed by atoms with van der Waals surface area (Å²) in [6.45, 7) is 0. The molecule has 2 nitrogen and oxygen atoms in total. The van der Waals surface area contributed by atoms with Gasteiger partial charge in [-0.1, -0.05) is 0 Å². The second kappa shape index (κ2) is 1.80. The summed E-state index contributed by atoms with van der Waals surface area (Å²) in [5.41, 5.74) is 5.51. The molecule has 1 aliphatic carbocycles. The van der Waals surface area contributed by atoms with Crippen LogP contribution in [0.5, 0.6) is 0 Å². The van der Waals surface area contributed by atoms with Crippen LogP contribution in [0.1, 0.15) is 12.8 Å². The van der Waals surface area contributed by atoms with Crippen LogP contribution in [-0.4, -0.2) is 19.3 Å². The maximum Gasteiger partial charge on any atom is 0.0722 e. The van der Waals surface area contributed by atoms with Crippen molar-refractivity contribution in [2.75, 3.05) is 7.11 Å². The zero-order chi connectivity index (χ0) is 5.28. The standard InChI is InChI=1S/C5H11NO/c1-7-5-3-2-4(5)6/h4-5H,2-3,6H2,1H3/t4-,5+/m1/s1. The third-order valence-corrected chi connectivity index (χ3v) is 1.56. The second-order valence-corrected chi connectivity index (χ2v) is 2.02. The van der Waals surface area contributed by atoms with Gasteiger partial charge in [-0.3, -0.25) is 0 Å². The molecule has 42 valence electrons. The molecule has 0 radical (unpaired) electrons. The molecule has 0 amide bonds. The van der Waals surface area contributed by atoms with Gasteiger partial charge in [-0.15, -0.1) is 0 Å². The number of nitrogens with two attached hydrogens (primary N) is 1. The van der Waals surface area contributed by atoms with Crippen LogP contribution in [0.4, 0.5) is 0 Å². The quantitative estimate of drug-likeness (QED) is 0.509. The first kappa shape index (κ1) is 5.06. The Labute approximate surface area is 43.6 Å². The van der Waals surface area contributed by atoms with Crippen molar-refractivity contribution in [2.24, 2.45) is 5.73 Å². The summed E-state index contributed by atoms with van der Waals surface area (Å²) in [4.78, 5) is 0. The van der Waals surface area contributed by atoms with E-state index in [9.17, 15) is 0 Å². The van der Waals surface area contributed by atoms with E-state index >= 15 is 0 Å². The van der Waals surface area contributed by atoms with Gasteiger partial charge in [-0.2, -0.15) is 0 Å². The summed E-state index contributed by atoms with van der Waals surface area (Å²) in [6, 6.07) is 0.324. The third-order valence-electron chi connectivity index (χ3n) is 1.56. The van der Waals surface area contributed by atoms with Crippen molar-refractivity contribution in [3.05, 3.63) is 0 Å². The Bertz CT molecular complexity index is 63.1. The Morgan fingerprint density at radius 1 is 1.57 bits per heavy atom. The molecule has 0 spiro atoms. The van der Waals surface area contributed by atoms with Crippen molar-refractivity contribution in [1.82, 2.24) is 0 Å². The molecule has 0 saturated heterocycles. The normalized spacial score (nSPS) is 40.3. The first-order valence-electron chi connectivity index (χ1n) is 2.63. The molecule has 1 fully saturated rings. The molecular formula is C5H11NO. The van der Waals surface area contributed by atoms with Gasteiger partial charge in [0.1, 0.15) is 0 Å². The highest BCUT2D eigenvalue weighted by Crippen LogP contribution is 2.19. The maximum absolute atomic E-state index is 5.51. The molecule has 0 aromatic carbocycles. The van der Waals surface area contributed by atoms with E-state index in [2.05, 4.69) is 0 Å². The van der Waals surface area contributed by atoms with E-state index in [0.717, 1.165) is 12.8 Å². The molecule has 7 heavy (non-hydrogen) atoms. The predicted octanol–water partition coefficient (Wildman–Crippen LogP) is 0.123. The van der Waals surface area contributed by atoms with Gasteiger partial charge in [0.25, 0.3) is 0 Å². The van der Waals surface area contributed by atoms with Crippen molar-refractivity contribution >= 4 is 0 Å². The fourth-order valence-corrected chi connectivity index (χ4v) is 0.788. The highest BCUT2D eigenvalue weighted by molar-refractivity contribution is 4.83. The Morgan fingerprint density at radius 3 is 2.29 bits per heavy atom. The highest BCUT2D eigenvalue weighted by atomic mass is 16.5. The zero-order valence-corrected chi connectivity index (χ0v) is 4.55. The molecule has 1 aliphatic rings. The van der Waals surface area contributed by atoms with E-state index in [1.54, 1.807) is 7.11 Å². The molecule has 2 atom stereocenters. The number of rotatable bonds is 1. The minimum Gasteiger partial charge on any atom is -0.380 e. The van der Waals surface area contributed by atoms with Crippen molar-refractivity contribution in [3.8, 4) is 0 Å². The molecule has 1 rings (SSSR count). The molecule has 0 unspecified atom stereocenters. The Balaban J connectivity index is 2.16. The highest BCUT2D eigenvalue weighted by Gasteiger charge is 2.26. The van der Waals surface area contributed by atoms with Gasteiger partial charge in [-0.25, -0.2) is 0 Å². The lowest BCUT2D eigenvalue weighted by atomic mass is 9.90. The third kappa shape index (κ3) is 0.763. The van der Waals surface area contributed by atoms with Crippen LogP contribution in [-0.2, 0) is 4.74 Å². The monoisotopic (exact) mass is 101 g/mol. The van der Waals surface area contributed by atoms with E-state index in [1.807, 2.05) is 0 Å². The molecule has 2 heteroatoms. The molecule has 0 aliphatic heterocycles. The lowest BCUT2D eigenvalue weighted by Gasteiger charge is -2.31. The minimum absolute atomic E-state index is 0.324. The van der Waals surface area contributed by atoms with Crippen LogP contribution >= 0.6 is 0 Å². The largest absolute Gasteiger partial charge is 0.380 e. The van der Waals surface area contributed by atoms with Gasteiger partial charge < -0.3 is 10.5 Å². The summed E-state index contributed by atoms with van der Waals surface area (Å²) in [6.07, 6.45) is 2.65. The number of hydrogen-bond donors (Lipinski definition) is 1. The van der Waals surface area contributed by atoms with E-state index in [1.165, 1.54) is 0 Å². The maximum atomic E-state index is 5.51. The molecule has 2 N–H and O–H groups in total. The van der Waals surface area contributed by atoms with E-state index in [-0.39, 0.29) is 0 Å². The summed E-state index contributed by atoms with van der Waals surface area (Å²) >= 11 is 0. The van der Waals surface area contributed by atoms with Crippen LogP contribution in [0.25, 0.3) is 0 Å². The van der Waals surface area contributed by atoms with Gasteiger partial charge in [0, 0.05) is 13.2 Å². The van der Waals surface area contributed by atoms with Gasteiger partial charge in [-0.05, 0) is 12.8 Å². The molecule has 0 aromatic heterocycles.